The molecule has 1 heterocycles. The zero-order valence-corrected chi connectivity index (χ0v) is 11.7. The maximum absolute atomic E-state index is 13.9. The normalized spacial score (nSPS) is 10.1. The second-order valence-electron chi connectivity index (χ2n) is 3.95. The Labute approximate surface area is 120 Å². The molecule has 2 rings (SSSR count). The maximum Gasteiger partial charge on any atom is 0.247 e. The number of ether oxygens (including phenoxy) is 3. The van der Waals surface area contributed by atoms with Crippen LogP contribution in [0.4, 0.5) is 4.39 Å². The zero-order valence-electron chi connectivity index (χ0n) is 11.7. The summed E-state index contributed by atoms with van der Waals surface area (Å²) >= 11 is 0. The minimum absolute atomic E-state index is 0.0328. The number of hydrogen-bond acceptors (Lipinski definition) is 6. The quantitative estimate of drug-likeness (QED) is 0.784. The van der Waals surface area contributed by atoms with Crippen molar-refractivity contribution in [3.8, 4) is 17.5 Å². The van der Waals surface area contributed by atoms with Crippen LogP contribution in [-0.4, -0.2) is 37.1 Å². The third-order valence-corrected chi connectivity index (χ3v) is 2.76. The summed E-state index contributed by atoms with van der Waals surface area (Å²) in [6.45, 7) is 0. The van der Waals surface area contributed by atoms with Crippen LogP contribution in [0.25, 0.3) is 0 Å². The van der Waals surface area contributed by atoms with E-state index in [2.05, 4.69) is 9.97 Å². The number of halogens is 1. The van der Waals surface area contributed by atoms with E-state index in [-0.39, 0.29) is 23.0 Å². The molecule has 0 saturated heterocycles. The van der Waals surface area contributed by atoms with Gasteiger partial charge in [-0.1, -0.05) is 0 Å². The van der Waals surface area contributed by atoms with Crippen LogP contribution < -0.4 is 14.2 Å². The standard InChI is InChI=1S/C14H13FN2O4/c1-19-8-4-5-9(10(15)6-8)13(18)12-14(21-3)17-11(20-2)7-16-12/h4-7H,1-3H3. The number of hydrogen-bond donors (Lipinski definition) is 0. The van der Waals surface area contributed by atoms with E-state index in [0.29, 0.717) is 5.75 Å². The van der Waals surface area contributed by atoms with E-state index in [9.17, 15) is 9.18 Å². The third-order valence-electron chi connectivity index (χ3n) is 2.76. The number of aromatic nitrogens is 2. The lowest BCUT2D eigenvalue weighted by Crippen LogP contribution is -2.10. The first-order chi connectivity index (χ1) is 10.1. The van der Waals surface area contributed by atoms with E-state index in [4.69, 9.17) is 14.2 Å². The molecule has 21 heavy (non-hydrogen) atoms. The van der Waals surface area contributed by atoms with E-state index in [1.54, 1.807) is 0 Å². The second-order valence-corrected chi connectivity index (χ2v) is 3.95. The number of nitrogens with zero attached hydrogens (tertiary/aromatic N) is 2. The van der Waals surface area contributed by atoms with E-state index in [1.165, 1.54) is 39.7 Å². The van der Waals surface area contributed by atoms with Gasteiger partial charge < -0.3 is 14.2 Å². The van der Waals surface area contributed by atoms with Gasteiger partial charge in [-0.05, 0) is 12.1 Å². The van der Waals surface area contributed by atoms with Crippen molar-refractivity contribution in [1.29, 1.82) is 0 Å². The summed E-state index contributed by atoms with van der Waals surface area (Å²) in [7, 11) is 4.16. The molecule has 1 aromatic carbocycles. The summed E-state index contributed by atoms with van der Waals surface area (Å²) in [5.74, 6) is -0.869. The topological polar surface area (TPSA) is 70.5 Å². The van der Waals surface area contributed by atoms with Crippen LogP contribution in [0.15, 0.2) is 24.4 Å². The minimum atomic E-state index is -0.709. The first kappa shape index (κ1) is 14.7. The first-order valence-electron chi connectivity index (χ1n) is 5.94. The molecule has 0 unspecified atom stereocenters. The molecule has 6 nitrogen and oxygen atoms in total. The van der Waals surface area contributed by atoms with Gasteiger partial charge in [-0.2, -0.15) is 4.98 Å². The van der Waals surface area contributed by atoms with Crippen molar-refractivity contribution in [1.82, 2.24) is 9.97 Å². The number of benzene rings is 1. The summed E-state index contributed by atoms with van der Waals surface area (Å²) < 4.78 is 28.7. The molecule has 0 N–H and O–H groups in total. The van der Waals surface area contributed by atoms with Crippen molar-refractivity contribution in [2.24, 2.45) is 0 Å². The second kappa shape index (κ2) is 6.17. The van der Waals surface area contributed by atoms with Crippen molar-refractivity contribution in [2.45, 2.75) is 0 Å². The van der Waals surface area contributed by atoms with E-state index in [0.717, 1.165) is 6.07 Å². The maximum atomic E-state index is 13.9. The highest BCUT2D eigenvalue weighted by molar-refractivity contribution is 6.09. The van der Waals surface area contributed by atoms with Crippen LogP contribution in [0.3, 0.4) is 0 Å². The van der Waals surface area contributed by atoms with Crippen molar-refractivity contribution in [3.05, 3.63) is 41.5 Å². The Morgan fingerprint density at radius 1 is 1.14 bits per heavy atom. The van der Waals surface area contributed by atoms with E-state index >= 15 is 0 Å². The van der Waals surface area contributed by atoms with Gasteiger partial charge in [0.05, 0.1) is 33.1 Å². The molecule has 0 aliphatic carbocycles. The SMILES string of the molecule is COc1ccc(C(=O)c2ncc(OC)nc2OC)c(F)c1. The van der Waals surface area contributed by atoms with Gasteiger partial charge in [-0.25, -0.2) is 9.37 Å². The van der Waals surface area contributed by atoms with Crippen LogP contribution in [0.2, 0.25) is 0 Å². The summed E-state index contributed by atoms with van der Waals surface area (Å²) in [5.41, 5.74) is -0.240. The van der Waals surface area contributed by atoms with Gasteiger partial charge in [0.15, 0.2) is 5.69 Å². The molecule has 0 radical (unpaired) electrons. The molecule has 0 aliphatic rings. The average molecular weight is 292 g/mol. The molecule has 2 aromatic rings. The largest absolute Gasteiger partial charge is 0.497 e. The molecule has 110 valence electrons. The number of methoxy groups -OCH3 is 3. The Morgan fingerprint density at radius 3 is 2.48 bits per heavy atom. The Kier molecular flexibility index (Phi) is 4.32. The van der Waals surface area contributed by atoms with Crippen molar-refractivity contribution < 1.29 is 23.4 Å². The van der Waals surface area contributed by atoms with Gasteiger partial charge in [0.1, 0.15) is 11.6 Å². The van der Waals surface area contributed by atoms with E-state index < -0.39 is 11.6 Å². The van der Waals surface area contributed by atoms with Crippen LogP contribution in [-0.2, 0) is 0 Å². The van der Waals surface area contributed by atoms with Gasteiger partial charge in [0.2, 0.25) is 17.5 Å². The zero-order chi connectivity index (χ0) is 15.4. The van der Waals surface area contributed by atoms with Gasteiger partial charge in [-0.3, -0.25) is 4.79 Å². The molecule has 0 aliphatic heterocycles. The molecule has 0 spiro atoms. The summed E-state index contributed by atoms with van der Waals surface area (Å²) in [5, 5.41) is 0. The summed E-state index contributed by atoms with van der Waals surface area (Å²) in [6.07, 6.45) is 1.26. The molecule has 1 aromatic heterocycles. The van der Waals surface area contributed by atoms with Crippen molar-refractivity contribution >= 4 is 5.78 Å². The van der Waals surface area contributed by atoms with Crippen LogP contribution in [0.5, 0.6) is 17.5 Å². The number of rotatable bonds is 5. The molecular weight excluding hydrogens is 279 g/mol. The van der Waals surface area contributed by atoms with Gasteiger partial charge in [0.25, 0.3) is 0 Å². The van der Waals surface area contributed by atoms with E-state index in [1.807, 2.05) is 0 Å². The average Bonchev–Trinajstić information content (AvgIpc) is 2.53. The fraction of sp³-hybridized carbons (Fsp3) is 0.214. The Morgan fingerprint density at radius 2 is 1.90 bits per heavy atom. The fourth-order valence-electron chi connectivity index (χ4n) is 1.69. The lowest BCUT2D eigenvalue weighted by molar-refractivity contribution is 0.102. The molecule has 0 atom stereocenters. The lowest BCUT2D eigenvalue weighted by Gasteiger charge is -2.08. The molecule has 7 heteroatoms. The highest BCUT2D eigenvalue weighted by atomic mass is 19.1. The van der Waals surface area contributed by atoms with Gasteiger partial charge in [-0.15, -0.1) is 0 Å². The van der Waals surface area contributed by atoms with Gasteiger partial charge >= 0.3 is 0 Å². The van der Waals surface area contributed by atoms with Crippen LogP contribution >= 0.6 is 0 Å². The third kappa shape index (κ3) is 2.91. The summed E-state index contributed by atoms with van der Waals surface area (Å²) in [6, 6.07) is 3.93. The van der Waals surface area contributed by atoms with Crippen LogP contribution in [0, 0.1) is 5.82 Å². The Balaban J connectivity index is 2.44. The Bertz CT molecular complexity index is 676. The highest BCUT2D eigenvalue weighted by Crippen LogP contribution is 2.23. The monoisotopic (exact) mass is 292 g/mol. The smallest absolute Gasteiger partial charge is 0.247 e. The molecule has 0 bridgehead atoms. The van der Waals surface area contributed by atoms with Crippen LogP contribution in [0.1, 0.15) is 16.1 Å². The number of carbonyl (C=O) groups excluding carboxylic acids is 1. The highest BCUT2D eigenvalue weighted by Gasteiger charge is 2.21. The minimum Gasteiger partial charge on any atom is -0.497 e. The summed E-state index contributed by atoms with van der Waals surface area (Å²) in [4.78, 5) is 20.2. The first-order valence-corrected chi connectivity index (χ1v) is 5.94. The molecule has 0 saturated carbocycles. The Hall–Kier alpha value is -2.70. The lowest BCUT2D eigenvalue weighted by atomic mass is 10.1. The van der Waals surface area contributed by atoms with Crippen molar-refractivity contribution in [3.63, 3.8) is 0 Å². The molecule has 0 fully saturated rings. The number of carbonyl (C=O) groups is 1. The predicted molar refractivity (Wildman–Crippen MR) is 71.5 cm³/mol. The van der Waals surface area contributed by atoms with Gasteiger partial charge in [0, 0.05) is 6.07 Å². The molecular formula is C14H13FN2O4. The predicted octanol–water partition coefficient (Wildman–Crippen LogP) is 1.87. The van der Waals surface area contributed by atoms with Crippen molar-refractivity contribution in [2.75, 3.05) is 21.3 Å². The fourth-order valence-corrected chi connectivity index (χ4v) is 1.69. The number of ketones is 1. The molecule has 0 amide bonds.